The number of hydrogen-bond acceptors (Lipinski definition) is 4. The summed E-state index contributed by atoms with van der Waals surface area (Å²) in [6.45, 7) is 2.60. The van der Waals surface area contributed by atoms with Gasteiger partial charge in [0.2, 0.25) is 0 Å². The lowest BCUT2D eigenvalue weighted by Crippen LogP contribution is -2.12. The van der Waals surface area contributed by atoms with Gasteiger partial charge in [-0.15, -0.1) is 0 Å². The number of methoxy groups -OCH3 is 1. The molecule has 0 aliphatic heterocycles. The highest BCUT2D eigenvalue weighted by molar-refractivity contribution is 9.10. The van der Waals surface area contributed by atoms with Gasteiger partial charge in [0.25, 0.3) is 5.91 Å². The number of benzene rings is 2. The van der Waals surface area contributed by atoms with Crippen molar-refractivity contribution in [1.82, 2.24) is 9.55 Å². The van der Waals surface area contributed by atoms with E-state index in [1.54, 1.807) is 25.4 Å². The van der Waals surface area contributed by atoms with Crippen molar-refractivity contribution in [2.45, 2.75) is 13.3 Å². The first-order valence-electron chi connectivity index (χ1n) is 8.93. The third-order valence-corrected chi connectivity index (χ3v) is 4.73. The Balaban J connectivity index is 1.83. The second kappa shape index (κ2) is 8.93. The summed E-state index contributed by atoms with van der Waals surface area (Å²) >= 11 is 3.47. The largest absolute Gasteiger partial charge is 0.493 e. The zero-order valence-electron chi connectivity index (χ0n) is 16.0. The molecule has 0 aliphatic carbocycles. The van der Waals surface area contributed by atoms with Gasteiger partial charge in [-0.2, -0.15) is 0 Å². The van der Waals surface area contributed by atoms with Crippen LogP contribution < -0.4 is 14.8 Å². The minimum atomic E-state index is -0.238. The van der Waals surface area contributed by atoms with Gasteiger partial charge in [0.1, 0.15) is 5.82 Å². The first-order chi connectivity index (χ1) is 13.5. The Kier molecular flexibility index (Phi) is 6.36. The van der Waals surface area contributed by atoms with E-state index in [4.69, 9.17) is 9.47 Å². The first-order valence-corrected chi connectivity index (χ1v) is 9.72. The highest BCUT2D eigenvalue weighted by Crippen LogP contribution is 2.37. The predicted molar refractivity (Wildman–Crippen MR) is 113 cm³/mol. The summed E-state index contributed by atoms with van der Waals surface area (Å²) in [5.74, 6) is 1.70. The van der Waals surface area contributed by atoms with Crippen LogP contribution in [0.4, 0.5) is 5.69 Å². The molecule has 0 bridgehead atoms. The maximum absolute atomic E-state index is 12.8. The molecule has 1 heterocycles. The van der Waals surface area contributed by atoms with Gasteiger partial charge in [0, 0.05) is 36.3 Å². The van der Waals surface area contributed by atoms with E-state index in [2.05, 4.69) is 26.2 Å². The van der Waals surface area contributed by atoms with Gasteiger partial charge in [-0.1, -0.05) is 19.1 Å². The number of carbonyl (C=O) groups excluding carboxylic acids is 1. The van der Waals surface area contributed by atoms with Crippen LogP contribution in [0.3, 0.4) is 0 Å². The molecule has 146 valence electrons. The Bertz CT molecular complexity index is 985. The van der Waals surface area contributed by atoms with Crippen molar-refractivity contribution in [1.29, 1.82) is 0 Å². The summed E-state index contributed by atoms with van der Waals surface area (Å²) in [7, 11) is 3.48. The molecule has 1 amide bonds. The number of ether oxygens (including phenoxy) is 2. The molecule has 6 nitrogen and oxygen atoms in total. The molecule has 1 N–H and O–H groups in total. The minimum Gasteiger partial charge on any atom is -0.493 e. The average Bonchev–Trinajstić information content (AvgIpc) is 3.12. The molecule has 3 rings (SSSR count). The molecular weight excluding hydrogens is 422 g/mol. The Morgan fingerprint density at radius 3 is 2.79 bits per heavy atom. The number of aryl methyl sites for hydroxylation is 1. The van der Waals surface area contributed by atoms with Crippen LogP contribution in [0, 0.1) is 0 Å². The van der Waals surface area contributed by atoms with E-state index in [9.17, 15) is 4.79 Å². The lowest BCUT2D eigenvalue weighted by atomic mass is 10.1. The maximum atomic E-state index is 12.8. The number of anilines is 1. The first kappa shape index (κ1) is 19.9. The number of hydrogen-bond donors (Lipinski definition) is 1. The molecule has 0 atom stereocenters. The van der Waals surface area contributed by atoms with Crippen molar-refractivity contribution in [3.8, 4) is 22.9 Å². The van der Waals surface area contributed by atoms with Crippen molar-refractivity contribution in [3.05, 3.63) is 58.8 Å². The fraction of sp³-hybridized carbons (Fsp3) is 0.238. The van der Waals surface area contributed by atoms with Gasteiger partial charge in [-0.05, 0) is 46.6 Å². The number of aromatic nitrogens is 2. The zero-order valence-corrected chi connectivity index (χ0v) is 17.6. The quantitative estimate of drug-likeness (QED) is 0.563. The second-order valence-electron chi connectivity index (χ2n) is 6.23. The molecule has 0 aliphatic rings. The second-order valence-corrected chi connectivity index (χ2v) is 7.09. The van der Waals surface area contributed by atoms with Crippen LogP contribution in [0.5, 0.6) is 11.5 Å². The van der Waals surface area contributed by atoms with E-state index in [-0.39, 0.29) is 5.91 Å². The average molecular weight is 444 g/mol. The Morgan fingerprint density at radius 1 is 1.29 bits per heavy atom. The van der Waals surface area contributed by atoms with Crippen LogP contribution in [0.15, 0.2) is 53.3 Å². The van der Waals surface area contributed by atoms with Crippen LogP contribution in [-0.2, 0) is 7.05 Å². The van der Waals surface area contributed by atoms with Crippen molar-refractivity contribution in [2.75, 3.05) is 19.0 Å². The van der Waals surface area contributed by atoms with Crippen LogP contribution in [0.1, 0.15) is 23.7 Å². The fourth-order valence-corrected chi connectivity index (χ4v) is 3.33. The van der Waals surface area contributed by atoms with Crippen molar-refractivity contribution < 1.29 is 14.3 Å². The summed E-state index contributed by atoms with van der Waals surface area (Å²) in [5, 5.41) is 2.93. The van der Waals surface area contributed by atoms with Crippen LogP contribution in [0.2, 0.25) is 0 Å². The molecule has 0 unspecified atom stereocenters. The highest BCUT2D eigenvalue weighted by atomic mass is 79.9. The third-order valence-electron chi connectivity index (χ3n) is 4.14. The molecule has 0 saturated carbocycles. The molecule has 1 aromatic heterocycles. The topological polar surface area (TPSA) is 65.4 Å². The SMILES string of the molecule is CCCOc1c(Br)cc(C(=O)Nc2cccc(-c3nccn3C)c2)cc1OC. The molecule has 0 spiro atoms. The maximum Gasteiger partial charge on any atom is 0.255 e. The molecule has 0 radical (unpaired) electrons. The normalized spacial score (nSPS) is 10.6. The number of nitrogens with one attached hydrogen (secondary N) is 1. The van der Waals surface area contributed by atoms with Crippen molar-refractivity contribution >= 4 is 27.5 Å². The number of nitrogens with zero attached hydrogens (tertiary/aromatic N) is 2. The molecule has 3 aromatic rings. The Morgan fingerprint density at radius 2 is 2.11 bits per heavy atom. The van der Waals surface area contributed by atoms with E-state index in [1.807, 2.05) is 49.0 Å². The highest BCUT2D eigenvalue weighted by Gasteiger charge is 2.16. The van der Waals surface area contributed by atoms with E-state index >= 15 is 0 Å². The van der Waals surface area contributed by atoms with Gasteiger partial charge in [0.05, 0.1) is 18.2 Å². The lowest BCUT2D eigenvalue weighted by Gasteiger charge is -2.14. The summed E-state index contributed by atoms with van der Waals surface area (Å²) < 4.78 is 13.7. The van der Waals surface area contributed by atoms with E-state index in [1.165, 1.54) is 0 Å². The number of rotatable bonds is 7. The standard InChI is InChI=1S/C21H22BrN3O3/c1-4-10-28-19-17(22)12-15(13-18(19)27-3)21(26)24-16-7-5-6-14(11-16)20-23-8-9-25(20)2/h5-9,11-13H,4,10H2,1-3H3,(H,24,26). The molecule has 0 fully saturated rings. The monoisotopic (exact) mass is 443 g/mol. The summed E-state index contributed by atoms with van der Waals surface area (Å²) in [4.78, 5) is 17.1. The van der Waals surface area contributed by atoms with E-state index in [0.717, 1.165) is 17.8 Å². The Labute approximate surface area is 172 Å². The molecule has 0 saturated heterocycles. The zero-order chi connectivity index (χ0) is 20.1. The van der Waals surface area contributed by atoms with E-state index in [0.29, 0.717) is 33.8 Å². The number of halogens is 1. The molecule has 2 aromatic carbocycles. The van der Waals surface area contributed by atoms with E-state index < -0.39 is 0 Å². The molecular formula is C21H22BrN3O3. The number of amides is 1. The van der Waals surface area contributed by atoms with Crippen LogP contribution >= 0.6 is 15.9 Å². The predicted octanol–water partition coefficient (Wildman–Crippen LogP) is 4.90. The third kappa shape index (κ3) is 4.36. The smallest absolute Gasteiger partial charge is 0.255 e. The molecule has 28 heavy (non-hydrogen) atoms. The number of carbonyl (C=O) groups is 1. The van der Waals surface area contributed by atoms with Crippen molar-refractivity contribution in [3.63, 3.8) is 0 Å². The van der Waals surface area contributed by atoms with Gasteiger partial charge in [-0.3, -0.25) is 4.79 Å². The van der Waals surface area contributed by atoms with Crippen LogP contribution in [0.25, 0.3) is 11.4 Å². The van der Waals surface area contributed by atoms with Gasteiger partial charge >= 0.3 is 0 Å². The van der Waals surface area contributed by atoms with Gasteiger partial charge in [-0.25, -0.2) is 4.98 Å². The molecule has 7 heteroatoms. The summed E-state index contributed by atoms with van der Waals surface area (Å²) in [5.41, 5.74) is 2.08. The summed E-state index contributed by atoms with van der Waals surface area (Å²) in [6.07, 6.45) is 4.50. The van der Waals surface area contributed by atoms with Crippen LogP contribution in [-0.4, -0.2) is 29.2 Å². The lowest BCUT2D eigenvalue weighted by molar-refractivity contribution is 0.102. The van der Waals surface area contributed by atoms with Gasteiger partial charge < -0.3 is 19.4 Å². The summed E-state index contributed by atoms with van der Waals surface area (Å²) in [6, 6.07) is 11.0. The van der Waals surface area contributed by atoms with Crippen molar-refractivity contribution in [2.24, 2.45) is 7.05 Å². The fourth-order valence-electron chi connectivity index (χ4n) is 2.78. The number of imidazole rings is 1. The minimum absolute atomic E-state index is 0.238. The Hall–Kier alpha value is -2.80. The van der Waals surface area contributed by atoms with Gasteiger partial charge in [0.15, 0.2) is 11.5 Å².